The molecular weight excluding hydrogens is 445 g/mol. The van der Waals surface area contributed by atoms with Crippen LogP contribution in [0.4, 0.5) is 24.5 Å². The Morgan fingerprint density at radius 2 is 1.57 bits per heavy atom. The molecule has 0 fully saturated rings. The van der Waals surface area contributed by atoms with Gasteiger partial charge in [-0.1, -0.05) is 50.3 Å². The van der Waals surface area contributed by atoms with Gasteiger partial charge in [0.1, 0.15) is 7.05 Å². The number of hydrogen-bond acceptors (Lipinski definition) is 1. The molecule has 0 spiro atoms. The lowest BCUT2D eigenvalue weighted by atomic mass is 9.79. The highest BCUT2D eigenvalue weighted by Gasteiger charge is 2.46. The van der Waals surface area contributed by atoms with E-state index in [9.17, 15) is 13.2 Å². The molecule has 2 aliphatic heterocycles. The van der Waals surface area contributed by atoms with Crippen molar-refractivity contribution in [3.05, 3.63) is 95.2 Å². The molecule has 0 bridgehead atoms. The quantitative estimate of drug-likeness (QED) is 0.344. The third-order valence-electron chi connectivity index (χ3n) is 7.74. The van der Waals surface area contributed by atoms with Gasteiger partial charge in [-0.15, -0.1) is 0 Å². The van der Waals surface area contributed by atoms with E-state index < -0.39 is 17.2 Å². The van der Waals surface area contributed by atoms with Gasteiger partial charge >= 0.3 is 6.18 Å². The minimum atomic E-state index is -4.39. The van der Waals surface area contributed by atoms with Crippen LogP contribution in [0.25, 0.3) is 10.8 Å². The zero-order valence-electron chi connectivity index (χ0n) is 21.0. The van der Waals surface area contributed by atoms with Crippen LogP contribution in [0, 0.1) is 0 Å². The summed E-state index contributed by atoms with van der Waals surface area (Å²) >= 11 is 0. The molecule has 0 amide bonds. The second-order valence-corrected chi connectivity index (χ2v) is 10.5. The maximum atomic E-state index is 13.8. The molecule has 0 atom stereocenters. The lowest BCUT2D eigenvalue weighted by Gasteiger charge is -2.25. The van der Waals surface area contributed by atoms with Crippen molar-refractivity contribution in [2.24, 2.45) is 0 Å². The fourth-order valence-electron chi connectivity index (χ4n) is 6.13. The maximum Gasteiger partial charge on any atom is 0.416 e. The minimum absolute atomic E-state index is 0.219. The largest absolute Gasteiger partial charge is 0.416 e. The Labute approximate surface area is 204 Å². The van der Waals surface area contributed by atoms with Crippen molar-refractivity contribution < 1.29 is 17.7 Å². The summed E-state index contributed by atoms with van der Waals surface area (Å²) in [7, 11) is 3.92. The van der Waals surface area contributed by atoms with Gasteiger partial charge in [-0.2, -0.15) is 17.7 Å². The summed E-state index contributed by atoms with van der Waals surface area (Å²) in [4.78, 5) is 1.88. The first kappa shape index (κ1) is 23.4. The molecule has 2 nitrogen and oxygen atoms in total. The van der Waals surface area contributed by atoms with Crippen molar-refractivity contribution in [2.45, 2.75) is 44.7 Å². The Balaban J connectivity index is 1.56. The molecule has 0 unspecified atom stereocenters. The smallest absolute Gasteiger partial charge is 0.347 e. The molecule has 0 aromatic heterocycles. The van der Waals surface area contributed by atoms with Crippen LogP contribution in [0.2, 0.25) is 0 Å². The summed E-state index contributed by atoms with van der Waals surface area (Å²) < 4.78 is 43.6. The molecule has 180 valence electrons. The SMILES string of the molecule is CN1/C(=C/C=C/C2=[N+](C)c3ccc4ccccc4c3C2(C)C)C(C)(C)c2c1cccc2C(F)(F)F. The zero-order valence-corrected chi connectivity index (χ0v) is 21.0. The maximum absolute atomic E-state index is 13.8. The van der Waals surface area contributed by atoms with E-state index in [2.05, 4.69) is 67.9 Å². The lowest BCUT2D eigenvalue weighted by molar-refractivity contribution is -0.401. The molecule has 5 heteroatoms. The van der Waals surface area contributed by atoms with Crippen LogP contribution in [-0.2, 0) is 17.0 Å². The van der Waals surface area contributed by atoms with Crippen molar-refractivity contribution in [3.8, 4) is 0 Å². The predicted molar refractivity (Wildman–Crippen MR) is 138 cm³/mol. The highest BCUT2D eigenvalue weighted by atomic mass is 19.4. The van der Waals surface area contributed by atoms with Gasteiger partial charge in [0.15, 0.2) is 5.71 Å². The minimum Gasteiger partial charge on any atom is -0.347 e. The molecule has 3 aromatic carbocycles. The Kier molecular flexibility index (Phi) is 5.07. The Morgan fingerprint density at radius 3 is 2.29 bits per heavy atom. The molecule has 0 aliphatic carbocycles. The third-order valence-corrected chi connectivity index (χ3v) is 7.74. The number of fused-ring (bicyclic) bond motifs is 4. The first-order valence-electron chi connectivity index (χ1n) is 11.8. The Hall–Kier alpha value is -3.34. The van der Waals surface area contributed by atoms with Crippen LogP contribution < -0.4 is 4.90 Å². The van der Waals surface area contributed by atoms with Gasteiger partial charge in [-0.3, -0.25) is 0 Å². The van der Waals surface area contributed by atoms with Crippen LogP contribution in [0.3, 0.4) is 0 Å². The number of allylic oxidation sites excluding steroid dienone is 4. The van der Waals surface area contributed by atoms with E-state index in [1.165, 1.54) is 34.2 Å². The summed E-state index contributed by atoms with van der Waals surface area (Å²) in [5, 5.41) is 2.46. The average Bonchev–Trinajstić information content (AvgIpc) is 3.12. The molecule has 2 aliphatic rings. The Bertz CT molecular complexity index is 1450. The van der Waals surface area contributed by atoms with E-state index in [1.807, 2.05) is 37.9 Å². The summed E-state index contributed by atoms with van der Waals surface area (Å²) in [5.74, 6) is 0. The number of nitrogens with zero attached hydrogens (tertiary/aromatic N) is 2. The van der Waals surface area contributed by atoms with E-state index in [0.29, 0.717) is 11.3 Å². The molecule has 2 heterocycles. The van der Waals surface area contributed by atoms with E-state index in [-0.39, 0.29) is 5.41 Å². The first-order valence-corrected chi connectivity index (χ1v) is 11.8. The van der Waals surface area contributed by atoms with Crippen LogP contribution in [-0.4, -0.2) is 24.4 Å². The summed E-state index contributed by atoms with van der Waals surface area (Å²) in [6, 6.07) is 17.2. The van der Waals surface area contributed by atoms with E-state index in [0.717, 1.165) is 11.4 Å². The van der Waals surface area contributed by atoms with Crippen LogP contribution in [0.15, 0.2) is 78.5 Å². The van der Waals surface area contributed by atoms with Gasteiger partial charge in [-0.05, 0) is 54.5 Å². The average molecular weight is 476 g/mol. The van der Waals surface area contributed by atoms with Crippen molar-refractivity contribution in [2.75, 3.05) is 19.0 Å². The van der Waals surface area contributed by atoms with Crippen molar-refractivity contribution in [1.29, 1.82) is 0 Å². The Morgan fingerprint density at radius 1 is 0.857 bits per heavy atom. The van der Waals surface area contributed by atoms with Crippen LogP contribution in [0.1, 0.15) is 44.4 Å². The predicted octanol–water partition coefficient (Wildman–Crippen LogP) is 7.73. The van der Waals surface area contributed by atoms with Crippen molar-refractivity contribution >= 4 is 27.9 Å². The number of likely N-dealkylation sites (N-methyl/N-ethyl adjacent to an activating group) is 1. The highest BCUT2D eigenvalue weighted by molar-refractivity contribution is 6.07. The summed E-state index contributed by atoms with van der Waals surface area (Å²) in [5.41, 5.74) is 3.84. The molecule has 0 radical (unpaired) electrons. The summed E-state index contributed by atoms with van der Waals surface area (Å²) in [6.45, 7) is 8.19. The molecule has 3 aromatic rings. The van der Waals surface area contributed by atoms with Crippen molar-refractivity contribution in [1.82, 2.24) is 0 Å². The molecule has 0 saturated carbocycles. The number of rotatable bonds is 2. The van der Waals surface area contributed by atoms with E-state index in [1.54, 1.807) is 6.07 Å². The third kappa shape index (κ3) is 3.35. The van der Waals surface area contributed by atoms with Crippen LogP contribution >= 0.6 is 0 Å². The van der Waals surface area contributed by atoms with Gasteiger partial charge < -0.3 is 4.90 Å². The normalized spacial score (nSPS) is 19.8. The van der Waals surface area contributed by atoms with Gasteiger partial charge in [0.25, 0.3) is 0 Å². The van der Waals surface area contributed by atoms with E-state index >= 15 is 0 Å². The molecule has 0 saturated heterocycles. The molecule has 0 N–H and O–H groups in total. The van der Waals surface area contributed by atoms with Crippen LogP contribution in [0.5, 0.6) is 0 Å². The second kappa shape index (κ2) is 7.58. The lowest BCUT2D eigenvalue weighted by Crippen LogP contribution is -2.27. The van der Waals surface area contributed by atoms with Gasteiger partial charge in [-0.25, -0.2) is 0 Å². The van der Waals surface area contributed by atoms with Gasteiger partial charge in [0.05, 0.1) is 11.0 Å². The molecular formula is C30H30F3N2+. The highest BCUT2D eigenvalue weighted by Crippen LogP contribution is 2.51. The molecule has 5 rings (SSSR count). The summed E-state index contributed by atoms with van der Waals surface area (Å²) in [6.07, 6.45) is 1.64. The fraction of sp³-hybridized carbons (Fsp3) is 0.300. The van der Waals surface area contributed by atoms with Gasteiger partial charge in [0.2, 0.25) is 5.69 Å². The number of halogens is 3. The monoisotopic (exact) mass is 475 g/mol. The zero-order chi connectivity index (χ0) is 25.3. The number of benzene rings is 3. The second-order valence-electron chi connectivity index (χ2n) is 10.5. The number of anilines is 1. The fourth-order valence-corrected chi connectivity index (χ4v) is 6.13. The van der Waals surface area contributed by atoms with Gasteiger partial charge in [0, 0.05) is 41.6 Å². The topological polar surface area (TPSA) is 6.25 Å². The number of alkyl halides is 3. The van der Waals surface area contributed by atoms with E-state index in [4.69, 9.17) is 0 Å². The number of hydrogen-bond donors (Lipinski definition) is 0. The molecule has 35 heavy (non-hydrogen) atoms. The standard InChI is InChI=1S/C30H30F3N2/c1-28(2)24(35(6)23-18-17-19-11-7-8-12-20(19)26(23)28)15-10-16-25-29(3,4)27-21(30(31,32)33)13-9-14-22(27)34(25)5/h7-18H,1-6H3/q+1. The first-order chi connectivity index (χ1) is 16.4. The van der Waals surface area contributed by atoms with Crippen molar-refractivity contribution in [3.63, 3.8) is 0 Å².